The number of thioether (sulfide) groups is 1. The van der Waals surface area contributed by atoms with Crippen LogP contribution in [-0.4, -0.2) is 32.8 Å². The molecule has 2 heterocycles. The number of carboxylic acid groups (broad SMARTS) is 1. The minimum Gasteiger partial charge on any atom is -0.478 e. The Morgan fingerprint density at radius 2 is 2.11 bits per heavy atom. The number of carbonyl (C=O) groups is 1. The first-order valence-corrected chi connectivity index (χ1v) is 7.14. The van der Waals surface area contributed by atoms with Gasteiger partial charge in [-0.05, 0) is 36.4 Å². The Kier molecular flexibility index (Phi) is 3.25. The van der Waals surface area contributed by atoms with Crippen LogP contribution in [0.4, 0.5) is 0 Å². The van der Waals surface area contributed by atoms with Crippen LogP contribution < -0.4 is 0 Å². The molecule has 2 aromatic rings. The fraction of sp³-hybridized carbons (Fsp3) is 0.308. The van der Waals surface area contributed by atoms with E-state index in [1.165, 1.54) is 12.1 Å². The molecule has 0 amide bonds. The summed E-state index contributed by atoms with van der Waals surface area (Å²) in [5.74, 6) is 2.70. The molecule has 1 aliphatic heterocycles. The molecule has 5 nitrogen and oxygen atoms in total. The molecule has 1 atom stereocenters. The van der Waals surface area contributed by atoms with Gasteiger partial charge in [0, 0.05) is 17.2 Å². The van der Waals surface area contributed by atoms with Crippen LogP contribution in [0.1, 0.15) is 28.6 Å². The predicted octanol–water partition coefficient (Wildman–Crippen LogP) is 2.66. The maximum Gasteiger partial charge on any atom is 0.335 e. The van der Waals surface area contributed by atoms with E-state index < -0.39 is 5.97 Å². The van der Waals surface area contributed by atoms with Crippen LogP contribution in [0.15, 0.2) is 28.7 Å². The average molecular weight is 276 g/mol. The molecule has 0 saturated carbocycles. The highest BCUT2D eigenvalue weighted by Crippen LogP contribution is 2.32. The number of rotatable bonds is 3. The molecule has 1 aromatic heterocycles. The first-order valence-electron chi connectivity index (χ1n) is 5.99. The van der Waals surface area contributed by atoms with E-state index in [9.17, 15) is 4.79 Å². The van der Waals surface area contributed by atoms with Gasteiger partial charge in [0.05, 0.1) is 5.56 Å². The van der Waals surface area contributed by atoms with Gasteiger partial charge in [-0.15, -0.1) is 10.2 Å². The number of carboxylic acids is 1. The molecular formula is C13H12N2O3S. The summed E-state index contributed by atoms with van der Waals surface area (Å²) < 4.78 is 5.67. The highest BCUT2D eigenvalue weighted by Gasteiger charge is 2.23. The van der Waals surface area contributed by atoms with Crippen molar-refractivity contribution in [3.05, 3.63) is 35.7 Å². The van der Waals surface area contributed by atoms with Crippen LogP contribution in [0.2, 0.25) is 0 Å². The molecule has 3 rings (SSSR count). The Bertz CT molecular complexity index is 588. The zero-order chi connectivity index (χ0) is 13.2. The minimum absolute atomic E-state index is 0.246. The lowest BCUT2D eigenvalue weighted by atomic mass is 10.1. The third kappa shape index (κ3) is 2.49. The van der Waals surface area contributed by atoms with E-state index >= 15 is 0 Å². The summed E-state index contributed by atoms with van der Waals surface area (Å²) in [4.78, 5) is 10.8. The normalized spacial score (nSPS) is 18.6. The zero-order valence-corrected chi connectivity index (χ0v) is 10.9. The van der Waals surface area contributed by atoms with Crippen molar-refractivity contribution >= 4 is 17.7 Å². The first kappa shape index (κ1) is 12.2. The van der Waals surface area contributed by atoms with E-state index in [0.29, 0.717) is 17.7 Å². The largest absolute Gasteiger partial charge is 0.478 e. The van der Waals surface area contributed by atoms with Crippen LogP contribution in [-0.2, 0) is 0 Å². The highest BCUT2D eigenvalue weighted by atomic mass is 32.2. The molecule has 19 heavy (non-hydrogen) atoms. The first-order chi connectivity index (χ1) is 9.24. The van der Waals surface area contributed by atoms with Gasteiger partial charge in [-0.3, -0.25) is 0 Å². The topological polar surface area (TPSA) is 76.2 Å². The molecule has 0 aliphatic carbocycles. The number of aromatic nitrogens is 2. The van der Waals surface area contributed by atoms with Crippen LogP contribution >= 0.6 is 11.8 Å². The molecule has 1 saturated heterocycles. The molecule has 0 bridgehead atoms. The van der Waals surface area contributed by atoms with E-state index in [1.807, 2.05) is 11.8 Å². The van der Waals surface area contributed by atoms with Gasteiger partial charge < -0.3 is 9.52 Å². The van der Waals surface area contributed by atoms with Crippen molar-refractivity contribution in [2.45, 2.75) is 12.3 Å². The summed E-state index contributed by atoms with van der Waals surface area (Å²) in [6.45, 7) is 0. The Balaban J connectivity index is 1.83. The lowest BCUT2D eigenvalue weighted by Gasteiger charge is -2.00. The van der Waals surface area contributed by atoms with Gasteiger partial charge in [-0.2, -0.15) is 11.8 Å². The smallest absolute Gasteiger partial charge is 0.335 e. The Morgan fingerprint density at radius 1 is 1.32 bits per heavy atom. The Labute approximate surface area is 114 Å². The van der Waals surface area contributed by atoms with Crippen LogP contribution in [0.3, 0.4) is 0 Å². The van der Waals surface area contributed by atoms with E-state index in [0.717, 1.165) is 23.5 Å². The molecule has 1 aromatic carbocycles. The molecule has 0 radical (unpaired) electrons. The maximum atomic E-state index is 10.8. The molecule has 1 fully saturated rings. The van der Waals surface area contributed by atoms with Gasteiger partial charge in [0.25, 0.3) is 0 Å². The lowest BCUT2D eigenvalue weighted by Crippen LogP contribution is -1.95. The van der Waals surface area contributed by atoms with Gasteiger partial charge in [-0.25, -0.2) is 4.79 Å². The van der Waals surface area contributed by atoms with Crippen molar-refractivity contribution in [3.63, 3.8) is 0 Å². The minimum atomic E-state index is -0.944. The van der Waals surface area contributed by atoms with E-state index in [1.54, 1.807) is 12.1 Å². The summed E-state index contributed by atoms with van der Waals surface area (Å²) in [5.41, 5.74) is 0.991. The monoisotopic (exact) mass is 276 g/mol. The highest BCUT2D eigenvalue weighted by molar-refractivity contribution is 7.99. The van der Waals surface area contributed by atoms with Crippen molar-refractivity contribution in [3.8, 4) is 11.5 Å². The van der Waals surface area contributed by atoms with Gasteiger partial charge >= 0.3 is 5.97 Å². The lowest BCUT2D eigenvalue weighted by molar-refractivity contribution is 0.0697. The zero-order valence-electron chi connectivity index (χ0n) is 10.1. The molecule has 1 N–H and O–H groups in total. The van der Waals surface area contributed by atoms with E-state index in [-0.39, 0.29) is 5.56 Å². The molecule has 6 heteroatoms. The van der Waals surface area contributed by atoms with Crippen molar-refractivity contribution in [2.75, 3.05) is 11.5 Å². The van der Waals surface area contributed by atoms with Gasteiger partial charge in [0.2, 0.25) is 11.8 Å². The number of nitrogens with zero attached hydrogens (tertiary/aromatic N) is 2. The summed E-state index contributed by atoms with van der Waals surface area (Å²) in [6, 6.07) is 6.44. The Morgan fingerprint density at radius 3 is 2.74 bits per heavy atom. The number of benzene rings is 1. The average Bonchev–Trinajstić information content (AvgIpc) is 3.10. The van der Waals surface area contributed by atoms with Gasteiger partial charge in [0.15, 0.2) is 0 Å². The standard InChI is InChI=1S/C13H12N2O3S/c16-13(17)9-3-1-8(2-4-9)11-14-15-12(18-11)10-5-6-19-7-10/h1-4,10H,5-7H2,(H,16,17). The summed E-state index contributed by atoms with van der Waals surface area (Å²) in [7, 11) is 0. The molecular weight excluding hydrogens is 264 g/mol. The van der Waals surface area contributed by atoms with Crippen LogP contribution in [0, 0.1) is 0 Å². The number of hydrogen-bond acceptors (Lipinski definition) is 5. The fourth-order valence-electron chi connectivity index (χ4n) is 2.00. The fourth-order valence-corrected chi connectivity index (χ4v) is 3.21. The SMILES string of the molecule is O=C(O)c1ccc(-c2nnc(C3CCSC3)o2)cc1. The quantitative estimate of drug-likeness (QED) is 0.928. The van der Waals surface area contributed by atoms with Crippen molar-refractivity contribution in [1.82, 2.24) is 10.2 Å². The van der Waals surface area contributed by atoms with E-state index in [2.05, 4.69) is 10.2 Å². The number of hydrogen-bond donors (Lipinski definition) is 1. The van der Waals surface area contributed by atoms with Crippen molar-refractivity contribution in [1.29, 1.82) is 0 Å². The van der Waals surface area contributed by atoms with Crippen molar-refractivity contribution in [2.24, 2.45) is 0 Å². The molecule has 0 spiro atoms. The van der Waals surface area contributed by atoms with E-state index in [4.69, 9.17) is 9.52 Å². The molecule has 1 aliphatic rings. The third-order valence-electron chi connectivity index (χ3n) is 3.10. The maximum absolute atomic E-state index is 10.8. The second kappa shape index (κ2) is 5.05. The number of aromatic carboxylic acids is 1. The van der Waals surface area contributed by atoms with Crippen LogP contribution in [0.25, 0.3) is 11.5 Å². The summed E-state index contributed by atoms with van der Waals surface area (Å²) >= 11 is 1.89. The molecule has 98 valence electrons. The predicted molar refractivity (Wildman–Crippen MR) is 71.4 cm³/mol. The molecule has 1 unspecified atom stereocenters. The van der Waals surface area contributed by atoms with Crippen LogP contribution in [0.5, 0.6) is 0 Å². The second-order valence-corrected chi connectivity index (χ2v) is 5.54. The summed E-state index contributed by atoms with van der Waals surface area (Å²) in [5, 5.41) is 17.0. The van der Waals surface area contributed by atoms with Gasteiger partial charge in [0.1, 0.15) is 0 Å². The Hall–Kier alpha value is -1.82. The summed E-state index contributed by atoms with van der Waals surface area (Å²) in [6.07, 6.45) is 1.07. The third-order valence-corrected chi connectivity index (χ3v) is 4.26. The van der Waals surface area contributed by atoms with Gasteiger partial charge in [-0.1, -0.05) is 0 Å². The second-order valence-electron chi connectivity index (χ2n) is 4.39. The van der Waals surface area contributed by atoms with Crippen molar-refractivity contribution < 1.29 is 14.3 Å².